The average molecular weight is 413 g/mol. The number of hydrogen-bond donors (Lipinski definition) is 2. The molecule has 3 amide bonds. The molecule has 0 saturated heterocycles. The molecule has 9 nitrogen and oxygen atoms in total. The lowest BCUT2D eigenvalue weighted by Crippen LogP contribution is -2.49. The normalized spacial score (nSPS) is 12.4. The number of anilines is 1. The molecule has 0 aromatic heterocycles. The molecule has 0 atom stereocenters. The van der Waals surface area contributed by atoms with Crippen molar-refractivity contribution in [2.24, 2.45) is 0 Å². The molecule has 1 aliphatic heterocycles. The standard InChI is InChI=1S/C21H23N3O6/c1-28-15-8-10-16(11-9-15)29-12-4-7-19(25)22-23-20(26)13-24-17-5-2-3-6-18(17)30-14-21(24)27/h2-3,5-6,8-11H,4,7,12-14H2,1H3,(H,22,25)(H,23,26). The second-order valence-corrected chi connectivity index (χ2v) is 6.46. The number of ether oxygens (including phenoxy) is 3. The Balaban J connectivity index is 1.36. The molecule has 0 spiro atoms. The number of benzene rings is 2. The topological polar surface area (TPSA) is 106 Å². The first-order valence-electron chi connectivity index (χ1n) is 9.43. The van der Waals surface area contributed by atoms with Gasteiger partial charge in [-0.05, 0) is 42.8 Å². The van der Waals surface area contributed by atoms with Crippen LogP contribution in [0.2, 0.25) is 0 Å². The predicted octanol–water partition coefficient (Wildman–Crippen LogP) is 1.43. The van der Waals surface area contributed by atoms with E-state index in [1.54, 1.807) is 55.6 Å². The van der Waals surface area contributed by atoms with Crippen molar-refractivity contribution in [3.05, 3.63) is 48.5 Å². The summed E-state index contributed by atoms with van der Waals surface area (Å²) < 4.78 is 16.0. The first-order valence-corrected chi connectivity index (χ1v) is 9.43. The third-order valence-electron chi connectivity index (χ3n) is 4.33. The molecular weight excluding hydrogens is 390 g/mol. The summed E-state index contributed by atoms with van der Waals surface area (Å²) in [5.41, 5.74) is 5.19. The van der Waals surface area contributed by atoms with Gasteiger partial charge >= 0.3 is 0 Å². The molecule has 2 N–H and O–H groups in total. The maximum atomic E-state index is 12.1. The second kappa shape index (κ2) is 10.1. The molecule has 0 unspecified atom stereocenters. The lowest BCUT2D eigenvalue weighted by atomic mass is 10.2. The van der Waals surface area contributed by atoms with E-state index in [4.69, 9.17) is 14.2 Å². The molecule has 9 heteroatoms. The van der Waals surface area contributed by atoms with Crippen molar-refractivity contribution in [2.45, 2.75) is 12.8 Å². The van der Waals surface area contributed by atoms with E-state index in [1.165, 1.54) is 4.90 Å². The van der Waals surface area contributed by atoms with Crippen molar-refractivity contribution in [3.63, 3.8) is 0 Å². The van der Waals surface area contributed by atoms with Crippen LogP contribution in [-0.2, 0) is 14.4 Å². The Labute approximate surface area is 173 Å². The van der Waals surface area contributed by atoms with Gasteiger partial charge in [-0.3, -0.25) is 30.1 Å². The number of hydrazine groups is 1. The van der Waals surface area contributed by atoms with E-state index in [0.29, 0.717) is 30.2 Å². The van der Waals surface area contributed by atoms with E-state index >= 15 is 0 Å². The minimum Gasteiger partial charge on any atom is -0.497 e. The van der Waals surface area contributed by atoms with Gasteiger partial charge in [0.25, 0.3) is 11.8 Å². The number of nitrogens with one attached hydrogen (secondary N) is 2. The smallest absolute Gasteiger partial charge is 0.265 e. The monoisotopic (exact) mass is 413 g/mol. The van der Waals surface area contributed by atoms with Gasteiger partial charge in [-0.15, -0.1) is 0 Å². The highest BCUT2D eigenvalue weighted by molar-refractivity contribution is 6.02. The lowest BCUT2D eigenvalue weighted by Gasteiger charge is -2.28. The fourth-order valence-electron chi connectivity index (χ4n) is 2.81. The molecule has 3 rings (SSSR count). The van der Waals surface area contributed by atoms with Crippen LogP contribution in [0.25, 0.3) is 0 Å². The van der Waals surface area contributed by atoms with Crippen LogP contribution in [0.1, 0.15) is 12.8 Å². The number of carbonyl (C=O) groups is 3. The Kier molecular flexibility index (Phi) is 7.09. The van der Waals surface area contributed by atoms with E-state index in [2.05, 4.69) is 10.9 Å². The summed E-state index contributed by atoms with van der Waals surface area (Å²) in [5.74, 6) is 0.759. The van der Waals surface area contributed by atoms with Crippen LogP contribution in [0.4, 0.5) is 5.69 Å². The van der Waals surface area contributed by atoms with Gasteiger partial charge in [0.05, 0.1) is 19.4 Å². The molecule has 1 aliphatic rings. The van der Waals surface area contributed by atoms with E-state index in [0.717, 1.165) is 5.75 Å². The largest absolute Gasteiger partial charge is 0.497 e. The van der Waals surface area contributed by atoms with Crippen LogP contribution in [0.3, 0.4) is 0 Å². The molecule has 2 aromatic rings. The zero-order valence-corrected chi connectivity index (χ0v) is 16.6. The Morgan fingerprint density at radius 1 is 1.03 bits per heavy atom. The highest BCUT2D eigenvalue weighted by Gasteiger charge is 2.26. The number of nitrogens with zero attached hydrogens (tertiary/aromatic N) is 1. The van der Waals surface area contributed by atoms with E-state index in [-0.39, 0.29) is 31.4 Å². The molecule has 158 valence electrons. The van der Waals surface area contributed by atoms with Crippen molar-refractivity contribution in [3.8, 4) is 17.2 Å². The maximum Gasteiger partial charge on any atom is 0.265 e. The summed E-state index contributed by atoms with van der Waals surface area (Å²) in [5, 5.41) is 0. The van der Waals surface area contributed by atoms with Gasteiger partial charge in [0.1, 0.15) is 23.8 Å². The number of methoxy groups -OCH3 is 1. The summed E-state index contributed by atoms with van der Waals surface area (Å²) >= 11 is 0. The number of hydrogen-bond acceptors (Lipinski definition) is 6. The molecule has 0 fully saturated rings. The predicted molar refractivity (Wildman–Crippen MR) is 108 cm³/mol. The highest BCUT2D eigenvalue weighted by Crippen LogP contribution is 2.31. The van der Waals surface area contributed by atoms with Crippen molar-refractivity contribution in [2.75, 3.05) is 31.8 Å². The van der Waals surface area contributed by atoms with Crippen molar-refractivity contribution in [1.82, 2.24) is 10.9 Å². The van der Waals surface area contributed by atoms with Crippen LogP contribution < -0.4 is 30.0 Å². The number of fused-ring (bicyclic) bond motifs is 1. The Morgan fingerprint density at radius 2 is 1.73 bits per heavy atom. The molecule has 0 bridgehead atoms. The highest BCUT2D eigenvalue weighted by atomic mass is 16.5. The van der Waals surface area contributed by atoms with Crippen molar-refractivity contribution >= 4 is 23.4 Å². The fraction of sp³-hybridized carbons (Fsp3) is 0.286. The summed E-state index contributed by atoms with van der Waals surface area (Å²) in [7, 11) is 1.59. The zero-order chi connectivity index (χ0) is 21.3. The molecule has 30 heavy (non-hydrogen) atoms. The van der Waals surface area contributed by atoms with Gasteiger partial charge in [0.15, 0.2) is 6.61 Å². The first kappa shape index (κ1) is 21.0. The molecule has 2 aromatic carbocycles. The van der Waals surface area contributed by atoms with Crippen LogP contribution in [-0.4, -0.2) is 44.6 Å². The minimum atomic E-state index is -0.511. The molecule has 1 heterocycles. The number of carbonyl (C=O) groups excluding carboxylic acids is 3. The van der Waals surface area contributed by atoms with E-state index in [9.17, 15) is 14.4 Å². The minimum absolute atomic E-state index is 0.134. The number of rotatable bonds is 8. The number of amides is 3. The lowest BCUT2D eigenvalue weighted by molar-refractivity contribution is -0.129. The van der Waals surface area contributed by atoms with E-state index in [1.807, 2.05) is 0 Å². The quantitative estimate of drug-likeness (QED) is 0.501. The average Bonchev–Trinajstić information content (AvgIpc) is 2.77. The molecule has 0 saturated carbocycles. The SMILES string of the molecule is COc1ccc(OCCCC(=O)NNC(=O)CN2C(=O)COc3ccccc32)cc1. The third-order valence-corrected chi connectivity index (χ3v) is 4.33. The third kappa shape index (κ3) is 5.63. The van der Waals surface area contributed by atoms with Crippen LogP contribution in [0.5, 0.6) is 17.2 Å². The van der Waals surface area contributed by atoms with Crippen LogP contribution in [0, 0.1) is 0 Å². The molecule has 0 radical (unpaired) electrons. The Bertz CT molecular complexity index is 900. The van der Waals surface area contributed by atoms with Gasteiger partial charge in [-0.25, -0.2) is 0 Å². The first-order chi connectivity index (χ1) is 14.6. The van der Waals surface area contributed by atoms with Gasteiger partial charge in [0, 0.05) is 6.42 Å². The summed E-state index contributed by atoms with van der Waals surface area (Å²) in [6.45, 7) is -0.00231. The second-order valence-electron chi connectivity index (χ2n) is 6.46. The van der Waals surface area contributed by atoms with Crippen LogP contribution in [0.15, 0.2) is 48.5 Å². The zero-order valence-electron chi connectivity index (χ0n) is 16.6. The Hall–Kier alpha value is -3.75. The Morgan fingerprint density at radius 3 is 2.50 bits per heavy atom. The van der Waals surface area contributed by atoms with Crippen LogP contribution >= 0.6 is 0 Å². The molecular formula is C21H23N3O6. The van der Waals surface area contributed by atoms with Gasteiger partial charge < -0.3 is 14.2 Å². The van der Waals surface area contributed by atoms with Crippen molar-refractivity contribution < 1.29 is 28.6 Å². The molecule has 0 aliphatic carbocycles. The van der Waals surface area contributed by atoms with Gasteiger partial charge in [0.2, 0.25) is 5.91 Å². The summed E-state index contributed by atoms with van der Waals surface area (Å²) in [6.07, 6.45) is 0.652. The van der Waals surface area contributed by atoms with Gasteiger partial charge in [-0.1, -0.05) is 12.1 Å². The summed E-state index contributed by atoms with van der Waals surface area (Å²) in [4.78, 5) is 37.4. The van der Waals surface area contributed by atoms with E-state index < -0.39 is 5.91 Å². The van der Waals surface area contributed by atoms with Gasteiger partial charge in [-0.2, -0.15) is 0 Å². The fourth-order valence-corrected chi connectivity index (χ4v) is 2.81. The van der Waals surface area contributed by atoms with Crippen molar-refractivity contribution in [1.29, 1.82) is 0 Å². The maximum absolute atomic E-state index is 12.1. The summed E-state index contributed by atoms with van der Waals surface area (Å²) in [6, 6.07) is 14.1. The number of para-hydroxylation sites is 2.